The van der Waals surface area contributed by atoms with Gasteiger partial charge >= 0.3 is 5.97 Å². The highest BCUT2D eigenvalue weighted by molar-refractivity contribution is 7.13. The number of aromatic amines is 1. The highest BCUT2D eigenvalue weighted by Crippen LogP contribution is 2.30. The van der Waals surface area contributed by atoms with Gasteiger partial charge in [0.1, 0.15) is 0 Å². The maximum absolute atomic E-state index is 12.0. The number of carboxylic acids is 1. The van der Waals surface area contributed by atoms with Crippen LogP contribution in [0.2, 0.25) is 0 Å². The molecule has 32 heavy (non-hydrogen) atoms. The summed E-state index contributed by atoms with van der Waals surface area (Å²) in [7, 11) is 0. The van der Waals surface area contributed by atoms with E-state index < -0.39 is 5.97 Å². The van der Waals surface area contributed by atoms with Crippen LogP contribution in [0.15, 0.2) is 78.3 Å². The Balaban J connectivity index is 1.61. The summed E-state index contributed by atoms with van der Waals surface area (Å²) in [5, 5.41) is 13.3. The fourth-order valence-corrected chi connectivity index (χ4v) is 4.24. The maximum Gasteiger partial charge on any atom is 0.336 e. The number of aromatic carboxylic acids is 1. The molecule has 0 atom stereocenters. The van der Waals surface area contributed by atoms with Gasteiger partial charge in [0.05, 0.1) is 11.3 Å². The number of aromatic nitrogens is 2. The van der Waals surface area contributed by atoms with E-state index in [-0.39, 0.29) is 5.56 Å². The fraction of sp³-hybridized carbons (Fsp3) is 0. The van der Waals surface area contributed by atoms with Gasteiger partial charge in [-0.05, 0) is 47.3 Å². The van der Waals surface area contributed by atoms with Crippen molar-refractivity contribution >= 4 is 33.3 Å². The van der Waals surface area contributed by atoms with Gasteiger partial charge < -0.3 is 15.8 Å². The second-order valence-electron chi connectivity index (χ2n) is 7.21. The molecule has 0 aliphatic rings. The monoisotopic (exact) mass is 435 g/mol. The number of nitrogens with two attached hydrogens (primary N) is 1. The van der Waals surface area contributed by atoms with Crippen LogP contribution in [-0.2, 0) is 0 Å². The first kappa shape index (κ1) is 19.6. The number of nitrogens with zero attached hydrogens (tertiary/aromatic N) is 1. The number of carboxylic acid groups (broad SMARTS) is 1. The van der Waals surface area contributed by atoms with E-state index in [9.17, 15) is 9.90 Å². The number of carbonyl (C=O) groups is 1. The minimum absolute atomic E-state index is 0.217. The zero-order valence-corrected chi connectivity index (χ0v) is 17.6. The average Bonchev–Trinajstić information content (AvgIpc) is 3.46. The van der Waals surface area contributed by atoms with Crippen molar-refractivity contribution in [1.82, 2.24) is 9.97 Å². The smallest absolute Gasteiger partial charge is 0.336 e. The molecular weight excluding hydrogens is 418 g/mol. The molecule has 0 radical (unpaired) electrons. The summed E-state index contributed by atoms with van der Waals surface area (Å²) in [6.07, 6.45) is 1.86. The number of rotatable bonds is 3. The van der Waals surface area contributed by atoms with Crippen molar-refractivity contribution in [2.45, 2.75) is 0 Å². The number of H-pyrrole nitrogens is 1. The minimum atomic E-state index is -0.988. The van der Waals surface area contributed by atoms with Crippen molar-refractivity contribution in [2.75, 3.05) is 5.73 Å². The number of fused-ring (bicyclic) bond motifs is 1. The summed E-state index contributed by atoms with van der Waals surface area (Å²) in [5.74, 6) is 5.38. The van der Waals surface area contributed by atoms with Gasteiger partial charge in [0.2, 0.25) is 0 Å². The normalized spacial score (nSPS) is 10.6. The van der Waals surface area contributed by atoms with Crippen LogP contribution in [-0.4, -0.2) is 21.0 Å². The van der Waals surface area contributed by atoms with Gasteiger partial charge in [-0.3, -0.25) is 0 Å². The van der Waals surface area contributed by atoms with Crippen LogP contribution in [0.25, 0.3) is 33.3 Å². The molecule has 0 bridgehead atoms. The van der Waals surface area contributed by atoms with Crippen molar-refractivity contribution < 1.29 is 9.90 Å². The number of nitrogens with one attached hydrogen (secondary N) is 1. The summed E-state index contributed by atoms with van der Waals surface area (Å²) in [4.78, 5) is 19.5. The zero-order chi connectivity index (χ0) is 22.1. The lowest BCUT2D eigenvalue weighted by Crippen LogP contribution is -2.01. The largest absolute Gasteiger partial charge is 0.478 e. The highest BCUT2D eigenvalue weighted by Gasteiger charge is 2.15. The van der Waals surface area contributed by atoms with E-state index in [2.05, 4.69) is 21.8 Å². The molecule has 5 rings (SSSR count). The molecule has 6 heteroatoms. The number of nitrogen functional groups attached to an aromatic ring is 1. The SMILES string of the molecule is Nc1nc(-c2cccc(C#Cc3cccc(C(=O)O)c3-c3ccc4cc[nH]c4c3)c2)cs1. The van der Waals surface area contributed by atoms with Gasteiger partial charge in [-0.15, -0.1) is 11.3 Å². The number of anilines is 1. The Morgan fingerprint density at radius 2 is 1.88 bits per heavy atom. The third kappa shape index (κ3) is 3.73. The Hall–Kier alpha value is -4.34. The van der Waals surface area contributed by atoms with E-state index in [0.29, 0.717) is 16.3 Å². The van der Waals surface area contributed by atoms with Crippen LogP contribution in [0, 0.1) is 11.8 Å². The third-order valence-corrected chi connectivity index (χ3v) is 5.83. The number of hydrogen-bond acceptors (Lipinski definition) is 4. The fourth-order valence-electron chi connectivity index (χ4n) is 3.67. The van der Waals surface area contributed by atoms with Crippen molar-refractivity contribution in [3.05, 3.63) is 95.0 Å². The van der Waals surface area contributed by atoms with E-state index in [4.69, 9.17) is 5.73 Å². The van der Waals surface area contributed by atoms with Crippen LogP contribution in [0.5, 0.6) is 0 Å². The first-order valence-electron chi connectivity index (χ1n) is 9.86. The molecule has 5 nitrogen and oxygen atoms in total. The molecule has 0 aliphatic carbocycles. The molecule has 0 saturated heterocycles. The van der Waals surface area contributed by atoms with Crippen molar-refractivity contribution in [1.29, 1.82) is 0 Å². The second-order valence-corrected chi connectivity index (χ2v) is 8.10. The summed E-state index contributed by atoms with van der Waals surface area (Å²) >= 11 is 1.39. The molecule has 0 fully saturated rings. The van der Waals surface area contributed by atoms with Gasteiger partial charge in [0.15, 0.2) is 5.13 Å². The standard InChI is InChI=1S/C26H17N3O2S/c27-26-29-23(15-32-26)19-5-1-3-16(13-19)7-8-18-4-2-6-21(25(30)31)24(18)20-10-9-17-11-12-28-22(17)14-20/h1-6,9-15,28H,(H2,27,29)(H,30,31). The Morgan fingerprint density at radius 3 is 2.69 bits per heavy atom. The Labute approximate surface area is 188 Å². The quantitative estimate of drug-likeness (QED) is 0.320. The van der Waals surface area contributed by atoms with Crippen molar-refractivity contribution in [3.63, 3.8) is 0 Å². The molecule has 3 aromatic carbocycles. The molecule has 0 aliphatic heterocycles. The van der Waals surface area contributed by atoms with Crippen LogP contribution < -0.4 is 5.73 Å². The lowest BCUT2D eigenvalue weighted by molar-refractivity contribution is 0.0697. The average molecular weight is 436 g/mol. The van der Waals surface area contributed by atoms with Crippen LogP contribution in [0.4, 0.5) is 5.13 Å². The molecule has 2 aromatic heterocycles. The number of hydrogen-bond donors (Lipinski definition) is 3. The Bertz CT molecular complexity index is 1540. The summed E-state index contributed by atoms with van der Waals surface area (Å²) < 4.78 is 0. The first-order chi connectivity index (χ1) is 15.6. The van der Waals surface area contributed by atoms with Crippen LogP contribution >= 0.6 is 11.3 Å². The first-order valence-corrected chi connectivity index (χ1v) is 10.7. The molecular formula is C26H17N3O2S. The molecule has 154 valence electrons. The van der Waals surface area contributed by atoms with E-state index >= 15 is 0 Å². The molecule has 0 spiro atoms. The Kier molecular flexibility index (Phi) is 4.94. The van der Waals surface area contributed by atoms with Gasteiger partial charge in [-0.2, -0.15) is 0 Å². The minimum Gasteiger partial charge on any atom is -0.478 e. The molecule has 4 N–H and O–H groups in total. The van der Waals surface area contributed by atoms with Gasteiger partial charge in [0.25, 0.3) is 0 Å². The lowest BCUT2D eigenvalue weighted by Gasteiger charge is -2.10. The topological polar surface area (TPSA) is 92.0 Å². The Morgan fingerprint density at radius 1 is 1.00 bits per heavy atom. The van der Waals surface area contributed by atoms with E-state index in [1.807, 2.05) is 66.2 Å². The van der Waals surface area contributed by atoms with Gasteiger partial charge in [0, 0.05) is 39.3 Å². The van der Waals surface area contributed by atoms with E-state index in [0.717, 1.165) is 33.3 Å². The summed E-state index contributed by atoms with van der Waals surface area (Å²) in [6, 6.07) is 20.7. The second kappa shape index (κ2) is 8.06. The lowest BCUT2D eigenvalue weighted by atomic mass is 9.93. The van der Waals surface area contributed by atoms with Crippen molar-refractivity contribution in [2.24, 2.45) is 0 Å². The van der Waals surface area contributed by atoms with Gasteiger partial charge in [-0.25, -0.2) is 9.78 Å². The molecule has 2 heterocycles. The highest BCUT2D eigenvalue weighted by atomic mass is 32.1. The molecule has 0 amide bonds. The predicted molar refractivity (Wildman–Crippen MR) is 129 cm³/mol. The van der Waals surface area contributed by atoms with Crippen molar-refractivity contribution in [3.8, 4) is 34.2 Å². The number of benzene rings is 3. The maximum atomic E-state index is 12.0. The zero-order valence-electron chi connectivity index (χ0n) is 16.8. The molecule has 0 saturated carbocycles. The molecule has 5 aromatic rings. The summed E-state index contributed by atoms with van der Waals surface area (Å²) in [6.45, 7) is 0. The molecule has 0 unspecified atom stereocenters. The summed E-state index contributed by atoms with van der Waals surface area (Å²) in [5.41, 5.74) is 11.5. The number of thiazole rings is 1. The third-order valence-electron chi connectivity index (χ3n) is 5.16. The van der Waals surface area contributed by atoms with Crippen LogP contribution in [0.1, 0.15) is 21.5 Å². The van der Waals surface area contributed by atoms with E-state index in [1.54, 1.807) is 12.1 Å². The predicted octanol–water partition coefficient (Wildman–Crippen LogP) is 5.64. The van der Waals surface area contributed by atoms with E-state index in [1.165, 1.54) is 11.3 Å². The van der Waals surface area contributed by atoms with Crippen LogP contribution in [0.3, 0.4) is 0 Å². The van der Waals surface area contributed by atoms with Gasteiger partial charge in [-0.1, -0.05) is 42.2 Å².